The lowest BCUT2D eigenvalue weighted by Crippen LogP contribution is -2.45. The number of ether oxygens (including phenoxy) is 1. The average Bonchev–Trinajstić information content (AvgIpc) is 3.14. The van der Waals surface area contributed by atoms with Gasteiger partial charge in [-0.1, -0.05) is 24.2 Å². The number of hydrogen-bond donors (Lipinski definition) is 2. The molecular formula is C23H29FN4O3S2. The highest BCUT2D eigenvalue weighted by Gasteiger charge is 2.27. The number of likely N-dealkylation sites (N-methyl/N-ethyl adjacent to an activating group) is 1. The summed E-state index contributed by atoms with van der Waals surface area (Å²) in [6.45, 7) is 2.42. The van der Waals surface area contributed by atoms with Crippen molar-refractivity contribution in [2.24, 2.45) is 0 Å². The summed E-state index contributed by atoms with van der Waals surface area (Å²) in [5, 5.41) is 3.57. The Balaban J connectivity index is 1.51. The Morgan fingerprint density at radius 3 is 2.70 bits per heavy atom. The highest BCUT2D eigenvalue weighted by atomic mass is 32.2. The molecule has 1 heterocycles. The van der Waals surface area contributed by atoms with Crippen molar-refractivity contribution in [2.75, 3.05) is 30.7 Å². The number of sulfonamides is 1. The molecule has 0 spiro atoms. The minimum atomic E-state index is -4.13. The maximum absolute atomic E-state index is 14.9. The Bertz CT molecular complexity index is 1230. The summed E-state index contributed by atoms with van der Waals surface area (Å²) in [5.74, 6) is -0.115. The van der Waals surface area contributed by atoms with E-state index >= 15 is 0 Å². The van der Waals surface area contributed by atoms with E-state index in [1.54, 1.807) is 18.2 Å². The number of rotatable bonds is 8. The molecule has 2 aromatic carbocycles. The van der Waals surface area contributed by atoms with Crippen LogP contribution in [-0.2, 0) is 10.0 Å². The van der Waals surface area contributed by atoms with Gasteiger partial charge in [0.2, 0.25) is 0 Å². The fourth-order valence-electron chi connectivity index (χ4n) is 4.30. The molecule has 1 aliphatic rings. The van der Waals surface area contributed by atoms with Gasteiger partial charge in [0, 0.05) is 17.8 Å². The third-order valence-corrected chi connectivity index (χ3v) is 8.29. The number of anilines is 2. The normalized spacial score (nSPS) is 19.1. The Kier molecular flexibility index (Phi) is 7.06. The van der Waals surface area contributed by atoms with Crippen LogP contribution in [0.5, 0.6) is 5.75 Å². The number of thiazole rings is 1. The number of nitrogens with one attached hydrogen (secondary N) is 2. The first-order valence-electron chi connectivity index (χ1n) is 11.1. The molecule has 1 aliphatic carbocycles. The molecule has 3 aromatic rings. The van der Waals surface area contributed by atoms with Gasteiger partial charge in [-0.05, 0) is 70.3 Å². The standard InChI is InChI=1S/C23H29FN4O3S2/c1-4-31-16-10-11-19-21(14-16)32-23(26-19)27-33(29,30)22-12-9-15(13-17(22)24)25-18-7-5-6-8-20(18)28(2)3/h9-14,18,20,25H,4-8H2,1-3H3,(H,26,27)/t18-,20-/m0/s1. The van der Waals surface area contributed by atoms with Crippen LogP contribution in [0, 0.1) is 5.82 Å². The van der Waals surface area contributed by atoms with E-state index in [1.165, 1.54) is 29.9 Å². The molecule has 7 nitrogen and oxygen atoms in total. The van der Waals surface area contributed by atoms with Crippen LogP contribution in [0.4, 0.5) is 15.2 Å². The highest BCUT2D eigenvalue weighted by Crippen LogP contribution is 2.32. The van der Waals surface area contributed by atoms with Crippen molar-refractivity contribution in [1.29, 1.82) is 0 Å². The monoisotopic (exact) mass is 492 g/mol. The first kappa shape index (κ1) is 23.7. The predicted molar refractivity (Wildman–Crippen MR) is 131 cm³/mol. The molecule has 33 heavy (non-hydrogen) atoms. The van der Waals surface area contributed by atoms with Gasteiger partial charge in [-0.25, -0.2) is 17.8 Å². The third kappa shape index (κ3) is 5.39. The molecule has 10 heteroatoms. The van der Waals surface area contributed by atoms with Gasteiger partial charge in [-0.15, -0.1) is 0 Å². The number of halogens is 1. The zero-order valence-corrected chi connectivity index (χ0v) is 20.6. The zero-order valence-electron chi connectivity index (χ0n) is 19.0. The van der Waals surface area contributed by atoms with Crippen LogP contribution in [0.2, 0.25) is 0 Å². The van der Waals surface area contributed by atoms with E-state index in [-0.39, 0.29) is 11.2 Å². The largest absolute Gasteiger partial charge is 0.494 e. The summed E-state index contributed by atoms with van der Waals surface area (Å²) in [6.07, 6.45) is 4.37. The second-order valence-electron chi connectivity index (χ2n) is 8.40. The minimum Gasteiger partial charge on any atom is -0.494 e. The van der Waals surface area contributed by atoms with E-state index in [9.17, 15) is 12.8 Å². The summed E-state index contributed by atoms with van der Waals surface area (Å²) in [4.78, 5) is 6.09. The Morgan fingerprint density at radius 1 is 1.18 bits per heavy atom. The lowest BCUT2D eigenvalue weighted by molar-refractivity contribution is 0.211. The number of hydrogen-bond acceptors (Lipinski definition) is 7. The van der Waals surface area contributed by atoms with Crippen LogP contribution in [0.15, 0.2) is 41.3 Å². The molecule has 1 fully saturated rings. The third-order valence-electron chi connectivity index (χ3n) is 5.86. The Labute approximate surface area is 198 Å². The van der Waals surface area contributed by atoms with Gasteiger partial charge in [0.15, 0.2) is 5.13 Å². The van der Waals surface area contributed by atoms with Gasteiger partial charge in [-0.2, -0.15) is 0 Å². The van der Waals surface area contributed by atoms with Crippen molar-refractivity contribution in [3.05, 3.63) is 42.2 Å². The predicted octanol–water partition coefficient (Wildman–Crippen LogP) is 4.92. The summed E-state index contributed by atoms with van der Waals surface area (Å²) in [5.41, 5.74) is 1.22. The number of fused-ring (bicyclic) bond motifs is 1. The van der Waals surface area contributed by atoms with E-state index in [1.807, 2.05) is 27.1 Å². The number of nitrogens with zero attached hydrogens (tertiary/aromatic N) is 2. The SMILES string of the molecule is CCOc1ccc2nc(NS(=O)(=O)c3ccc(N[C@H]4CCCC[C@@H]4N(C)C)cc3F)sc2c1. The summed E-state index contributed by atoms with van der Waals surface area (Å²) < 4.78 is 49.3. The molecule has 0 unspecified atom stereocenters. The molecule has 0 radical (unpaired) electrons. The summed E-state index contributed by atoms with van der Waals surface area (Å²) in [7, 11) is -0.0346. The van der Waals surface area contributed by atoms with Crippen molar-refractivity contribution >= 4 is 42.4 Å². The van der Waals surface area contributed by atoms with Crippen LogP contribution in [0.25, 0.3) is 10.2 Å². The summed E-state index contributed by atoms with van der Waals surface area (Å²) in [6, 6.07) is 10.1. The zero-order chi connectivity index (χ0) is 23.6. The molecule has 0 bridgehead atoms. The topological polar surface area (TPSA) is 83.6 Å². The maximum Gasteiger partial charge on any atom is 0.266 e. The quantitative estimate of drug-likeness (QED) is 0.464. The molecule has 2 atom stereocenters. The van der Waals surface area contributed by atoms with Gasteiger partial charge < -0.3 is 15.0 Å². The molecule has 1 aromatic heterocycles. The van der Waals surface area contributed by atoms with Crippen LogP contribution >= 0.6 is 11.3 Å². The second kappa shape index (κ2) is 9.82. The maximum atomic E-state index is 14.9. The van der Waals surface area contributed by atoms with E-state index in [2.05, 4.69) is 19.9 Å². The first-order chi connectivity index (χ1) is 15.8. The van der Waals surface area contributed by atoms with Crippen molar-refractivity contribution in [1.82, 2.24) is 9.88 Å². The smallest absolute Gasteiger partial charge is 0.266 e. The molecule has 4 rings (SSSR count). The van der Waals surface area contributed by atoms with Gasteiger partial charge in [-0.3, -0.25) is 4.72 Å². The Hall–Kier alpha value is -2.43. The lowest BCUT2D eigenvalue weighted by atomic mass is 9.89. The van der Waals surface area contributed by atoms with E-state index in [0.717, 1.165) is 24.0 Å². The molecule has 0 saturated heterocycles. The van der Waals surface area contributed by atoms with Gasteiger partial charge in [0.05, 0.1) is 16.8 Å². The van der Waals surface area contributed by atoms with Crippen LogP contribution < -0.4 is 14.8 Å². The van der Waals surface area contributed by atoms with Crippen LogP contribution in [-0.4, -0.2) is 51.1 Å². The molecule has 178 valence electrons. The second-order valence-corrected chi connectivity index (χ2v) is 11.1. The van der Waals surface area contributed by atoms with Crippen molar-refractivity contribution in [2.45, 2.75) is 49.6 Å². The summed E-state index contributed by atoms with van der Waals surface area (Å²) >= 11 is 1.17. The van der Waals surface area contributed by atoms with Crippen molar-refractivity contribution in [3.63, 3.8) is 0 Å². The Morgan fingerprint density at radius 2 is 1.97 bits per heavy atom. The molecule has 2 N–H and O–H groups in total. The fraction of sp³-hybridized carbons (Fsp3) is 0.435. The molecular weight excluding hydrogens is 463 g/mol. The van der Waals surface area contributed by atoms with Gasteiger partial charge in [0.1, 0.15) is 16.5 Å². The molecule has 0 amide bonds. The van der Waals surface area contributed by atoms with E-state index in [0.29, 0.717) is 29.6 Å². The molecule has 1 saturated carbocycles. The molecule has 0 aliphatic heterocycles. The van der Waals surface area contributed by atoms with E-state index < -0.39 is 20.7 Å². The van der Waals surface area contributed by atoms with E-state index in [4.69, 9.17) is 4.74 Å². The van der Waals surface area contributed by atoms with Crippen molar-refractivity contribution < 1.29 is 17.5 Å². The van der Waals surface area contributed by atoms with Crippen LogP contribution in [0.3, 0.4) is 0 Å². The van der Waals surface area contributed by atoms with Gasteiger partial charge >= 0.3 is 0 Å². The minimum absolute atomic E-state index is 0.177. The fourth-order valence-corrected chi connectivity index (χ4v) is 6.49. The van der Waals surface area contributed by atoms with Gasteiger partial charge in [0.25, 0.3) is 10.0 Å². The average molecular weight is 493 g/mol. The van der Waals surface area contributed by atoms with Crippen LogP contribution in [0.1, 0.15) is 32.6 Å². The first-order valence-corrected chi connectivity index (χ1v) is 13.4. The highest BCUT2D eigenvalue weighted by molar-refractivity contribution is 7.93. The number of aromatic nitrogens is 1. The lowest BCUT2D eigenvalue weighted by Gasteiger charge is -2.37. The number of benzene rings is 2. The van der Waals surface area contributed by atoms with Crippen molar-refractivity contribution in [3.8, 4) is 5.75 Å².